The van der Waals surface area contributed by atoms with Crippen molar-refractivity contribution >= 4 is 39.3 Å². The van der Waals surface area contributed by atoms with Crippen molar-refractivity contribution in [3.63, 3.8) is 0 Å². The molecule has 0 saturated heterocycles. The van der Waals surface area contributed by atoms with Crippen molar-refractivity contribution in [3.05, 3.63) is 47.2 Å². The Bertz CT molecular complexity index is 1210. The van der Waals surface area contributed by atoms with E-state index in [9.17, 15) is 27.6 Å². The van der Waals surface area contributed by atoms with Gasteiger partial charge in [-0.2, -0.15) is 13.2 Å². The summed E-state index contributed by atoms with van der Waals surface area (Å²) in [4.78, 5) is 43.4. The zero-order chi connectivity index (χ0) is 28.9. The van der Waals surface area contributed by atoms with Gasteiger partial charge in [0.25, 0.3) is 0 Å². The summed E-state index contributed by atoms with van der Waals surface area (Å²) < 4.78 is 51.9. The fourth-order valence-electron chi connectivity index (χ4n) is 4.68. The molecule has 1 aliphatic carbocycles. The third-order valence-electron chi connectivity index (χ3n) is 6.73. The first-order valence-corrected chi connectivity index (χ1v) is 13.8. The second-order valence-corrected chi connectivity index (χ2v) is 10.6. The van der Waals surface area contributed by atoms with Gasteiger partial charge in [0.2, 0.25) is 11.8 Å². The first-order valence-electron chi connectivity index (χ1n) is 12.7. The summed E-state index contributed by atoms with van der Waals surface area (Å²) in [5, 5.41) is 0.00498. The number of rotatable bonds is 9. The average molecular weight is 613 g/mol. The summed E-state index contributed by atoms with van der Waals surface area (Å²) in [6.45, 7) is 5.82. The molecule has 0 aliphatic heterocycles. The summed E-state index contributed by atoms with van der Waals surface area (Å²) in [5.74, 6) is -1.62. The molecule has 1 heterocycles. The van der Waals surface area contributed by atoms with Crippen LogP contribution in [0.15, 0.2) is 30.5 Å². The molecule has 1 aromatic heterocycles. The van der Waals surface area contributed by atoms with Crippen molar-refractivity contribution in [2.24, 2.45) is 11.8 Å². The smallest absolute Gasteiger partial charge is 0.421 e. The maximum atomic E-state index is 13.8. The summed E-state index contributed by atoms with van der Waals surface area (Å²) in [6.07, 6.45) is -0.499. The number of ether oxygens (including phenoxy) is 2. The molecule has 7 nitrogen and oxygen atoms in total. The molecule has 0 bridgehead atoms. The Kier molecular flexibility index (Phi) is 10.1. The molecule has 1 aliphatic rings. The number of aromatic nitrogens is 1. The first kappa shape index (κ1) is 30.6. The number of carbonyl (C=O) groups is 3. The van der Waals surface area contributed by atoms with Gasteiger partial charge in [0.05, 0.1) is 23.7 Å². The van der Waals surface area contributed by atoms with Crippen LogP contribution < -0.4 is 9.64 Å². The van der Waals surface area contributed by atoms with Crippen molar-refractivity contribution in [1.82, 2.24) is 4.98 Å². The van der Waals surface area contributed by atoms with Gasteiger partial charge in [0.1, 0.15) is 17.1 Å². The zero-order valence-electron chi connectivity index (χ0n) is 22.3. The van der Waals surface area contributed by atoms with E-state index >= 15 is 0 Å². The van der Waals surface area contributed by atoms with E-state index in [-0.39, 0.29) is 52.3 Å². The van der Waals surface area contributed by atoms with E-state index in [0.717, 1.165) is 37.9 Å². The fourth-order valence-corrected chi connectivity index (χ4v) is 4.88. The van der Waals surface area contributed by atoms with Crippen molar-refractivity contribution in [3.8, 4) is 11.6 Å². The lowest BCUT2D eigenvalue weighted by Gasteiger charge is -2.34. The van der Waals surface area contributed by atoms with Gasteiger partial charge >= 0.3 is 12.1 Å². The van der Waals surface area contributed by atoms with E-state index in [1.807, 2.05) is 13.8 Å². The summed E-state index contributed by atoms with van der Waals surface area (Å²) in [7, 11) is 1.18. The van der Waals surface area contributed by atoms with Gasteiger partial charge in [-0.25, -0.2) is 9.78 Å². The van der Waals surface area contributed by atoms with Crippen LogP contribution in [0.2, 0.25) is 0 Å². The summed E-state index contributed by atoms with van der Waals surface area (Å²) in [6, 6.07) is 4.64. The van der Waals surface area contributed by atoms with E-state index < -0.39 is 23.6 Å². The molecular weight excluding hydrogens is 581 g/mol. The van der Waals surface area contributed by atoms with Gasteiger partial charge in [0.15, 0.2) is 0 Å². The van der Waals surface area contributed by atoms with Crippen LogP contribution in [0.4, 0.5) is 18.9 Å². The van der Waals surface area contributed by atoms with Crippen LogP contribution >= 0.6 is 15.9 Å². The monoisotopic (exact) mass is 612 g/mol. The van der Waals surface area contributed by atoms with Gasteiger partial charge in [-0.3, -0.25) is 9.59 Å². The largest absolute Gasteiger partial charge is 0.465 e. The molecule has 39 heavy (non-hydrogen) atoms. The molecule has 0 spiro atoms. The van der Waals surface area contributed by atoms with Crippen molar-refractivity contribution < 1.29 is 37.0 Å². The second kappa shape index (κ2) is 12.9. The Morgan fingerprint density at radius 2 is 1.79 bits per heavy atom. The van der Waals surface area contributed by atoms with Crippen LogP contribution in [-0.2, 0) is 26.9 Å². The Balaban J connectivity index is 1.99. The maximum Gasteiger partial charge on any atom is 0.421 e. The standard InChI is InChI=1S/C28H32BrF3N2O5/c1-16(2)34(26(36)19-7-5-17(3)6-8-19)24-10-9-21(13-22(24)27(37)38-4)39-25-23(28(30,31)32)12-18(15-33-25)11-20(35)14-29/h9-10,12-13,15-17,19H,5-8,11,14H2,1-4H3/t17-,19-. The van der Waals surface area contributed by atoms with E-state index in [0.29, 0.717) is 11.6 Å². The predicted molar refractivity (Wildman–Crippen MR) is 143 cm³/mol. The lowest BCUT2D eigenvalue weighted by atomic mass is 9.82. The van der Waals surface area contributed by atoms with E-state index in [1.165, 1.54) is 25.3 Å². The fraction of sp³-hybridized carbons (Fsp3) is 0.500. The molecule has 11 heteroatoms. The molecule has 0 unspecified atom stereocenters. The lowest BCUT2D eigenvalue weighted by Crippen LogP contribution is -2.43. The number of halogens is 4. The predicted octanol–water partition coefficient (Wildman–Crippen LogP) is 6.75. The number of carbonyl (C=O) groups excluding carboxylic acids is 3. The number of hydrogen-bond acceptors (Lipinski definition) is 6. The number of anilines is 1. The minimum atomic E-state index is -4.81. The number of methoxy groups -OCH3 is 1. The number of esters is 1. The summed E-state index contributed by atoms with van der Waals surface area (Å²) in [5.41, 5.74) is -0.792. The van der Waals surface area contributed by atoms with Crippen molar-refractivity contribution in [1.29, 1.82) is 0 Å². The highest BCUT2D eigenvalue weighted by Gasteiger charge is 2.37. The van der Waals surface area contributed by atoms with Crippen molar-refractivity contribution in [2.45, 2.75) is 65.1 Å². The van der Waals surface area contributed by atoms with Crippen LogP contribution in [0.1, 0.15) is 67.9 Å². The third kappa shape index (κ3) is 7.58. The number of pyridine rings is 1. The van der Waals surface area contributed by atoms with Crippen LogP contribution in [0.5, 0.6) is 11.6 Å². The highest BCUT2D eigenvalue weighted by Crippen LogP contribution is 2.39. The second-order valence-electron chi connectivity index (χ2n) is 10.1. The topological polar surface area (TPSA) is 85.8 Å². The third-order valence-corrected chi connectivity index (χ3v) is 7.36. The minimum Gasteiger partial charge on any atom is -0.465 e. The van der Waals surface area contributed by atoms with E-state index in [2.05, 4.69) is 27.8 Å². The molecule has 1 fully saturated rings. The Morgan fingerprint density at radius 1 is 1.13 bits per heavy atom. The van der Waals surface area contributed by atoms with Crippen molar-refractivity contribution in [2.75, 3.05) is 17.3 Å². The van der Waals surface area contributed by atoms with Crippen LogP contribution in [-0.4, -0.2) is 41.1 Å². The number of nitrogens with zero attached hydrogens (tertiary/aromatic N) is 2. The number of benzene rings is 1. The Labute approximate surface area is 234 Å². The number of alkyl halides is 4. The number of amides is 1. The zero-order valence-corrected chi connectivity index (χ0v) is 23.9. The number of Topliss-reactive ketones (excluding diaryl/α,β-unsaturated/α-hetero) is 1. The van der Waals surface area contributed by atoms with Gasteiger partial charge < -0.3 is 14.4 Å². The molecular formula is C28H32BrF3N2O5. The molecule has 0 radical (unpaired) electrons. The lowest BCUT2D eigenvalue weighted by molar-refractivity contribution is -0.139. The molecule has 2 aromatic rings. The molecule has 1 saturated carbocycles. The first-order chi connectivity index (χ1) is 18.3. The van der Waals surface area contributed by atoms with E-state index in [1.54, 1.807) is 4.90 Å². The summed E-state index contributed by atoms with van der Waals surface area (Å²) >= 11 is 2.99. The van der Waals surface area contributed by atoms with Gasteiger partial charge in [-0.1, -0.05) is 22.9 Å². The SMILES string of the molecule is COC(=O)c1cc(Oc2ncc(CC(=O)CBr)cc2C(F)(F)F)ccc1N(C(=O)[C@H]1CC[C@H](C)CC1)C(C)C. The van der Waals surface area contributed by atoms with E-state index in [4.69, 9.17) is 9.47 Å². The van der Waals surface area contributed by atoms with Crippen LogP contribution in [0.3, 0.4) is 0 Å². The number of ketones is 1. The molecule has 1 amide bonds. The molecule has 1 aromatic carbocycles. The molecule has 0 atom stereocenters. The van der Waals surface area contributed by atoms with Gasteiger partial charge in [-0.15, -0.1) is 0 Å². The molecule has 0 N–H and O–H groups in total. The highest BCUT2D eigenvalue weighted by atomic mass is 79.9. The Hall–Kier alpha value is -2.95. The van der Waals surface area contributed by atoms with Crippen LogP contribution in [0.25, 0.3) is 0 Å². The highest BCUT2D eigenvalue weighted by molar-refractivity contribution is 9.09. The van der Waals surface area contributed by atoms with Gasteiger partial charge in [-0.05, 0) is 75.3 Å². The van der Waals surface area contributed by atoms with Crippen LogP contribution in [0, 0.1) is 11.8 Å². The average Bonchev–Trinajstić information content (AvgIpc) is 2.89. The minimum absolute atomic E-state index is 0.00498. The molecule has 212 valence electrons. The maximum absolute atomic E-state index is 13.8. The normalized spacial score (nSPS) is 17.6. The molecule has 3 rings (SSSR count). The number of hydrogen-bond donors (Lipinski definition) is 0. The quantitative estimate of drug-likeness (QED) is 0.230. The van der Waals surface area contributed by atoms with Gasteiger partial charge in [0, 0.05) is 24.6 Å². The Morgan fingerprint density at radius 3 is 2.36 bits per heavy atom.